The van der Waals surface area contributed by atoms with Crippen LogP contribution < -0.4 is 10.2 Å². The molecular weight excluding hydrogens is 900 g/mol. The van der Waals surface area contributed by atoms with Crippen molar-refractivity contribution in [3.8, 4) is 0 Å². The van der Waals surface area contributed by atoms with Crippen LogP contribution in [-0.4, -0.2) is 68.5 Å². The van der Waals surface area contributed by atoms with Crippen LogP contribution in [0, 0.1) is 0 Å². The average Bonchev–Trinajstić information content (AvgIpc) is 3.33. The first-order valence-electron chi connectivity index (χ1n) is 29.1. The lowest BCUT2D eigenvalue weighted by Gasteiger charge is -2.29. The summed E-state index contributed by atoms with van der Waals surface area (Å²) in [5, 5.41) is 13.8. The third-order valence-electron chi connectivity index (χ3n) is 12.5. The lowest BCUT2D eigenvalue weighted by Crippen LogP contribution is -2.45. The van der Waals surface area contributed by atoms with Gasteiger partial charge in [0.05, 0.1) is 39.9 Å². The molecule has 0 aliphatic heterocycles. The smallest absolute Gasteiger partial charge is 0.268 e. The van der Waals surface area contributed by atoms with Gasteiger partial charge in [0.25, 0.3) is 7.82 Å². The Balaban J connectivity index is 4.05. The van der Waals surface area contributed by atoms with Gasteiger partial charge < -0.3 is 28.8 Å². The molecule has 9 heteroatoms. The minimum Gasteiger partial charge on any atom is -0.756 e. The van der Waals surface area contributed by atoms with Crippen LogP contribution >= 0.6 is 7.82 Å². The maximum absolute atomic E-state index is 12.9. The molecule has 0 spiro atoms. The van der Waals surface area contributed by atoms with Crippen LogP contribution in [-0.2, 0) is 18.4 Å². The second-order valence-corrected chi connectivity index (χ2v) is 22.0. The first kappa shape index (κ1) is 68.4. The number of phosphoric acid groups is 1. The Labute approximate surface area is 439 Å². The van der Waals surface area contributed by atoms with Gasteiger partial charge in [-0.1, -0.05) is 239 Å². The Morgan fingerprint density at radius 3 is 1.31 bits per heavy atom. The molecule has 0 aromatic heterocycles. The normalized spacial score (nSPS) is 14.6. The molecule has 0 aromatic carbocycles. The molecule has 0 saturated heterocycles. The summed E-state index contributed by atoms with van der Waals surface area (Å²) in [4.78, 5) is 25.4. The van der Waals surface area contributed by atoms with E-state index >= 15 is 0 Å². The van der Waals surface area contributed by atoms with E-state index in [4.69, 9.17) is 9.05 Å². The van der Waals surface area contributed by atoms with Crippen molar-refractivity contribution in [1.82, 2.24) is 5.32 Å². The van der Waals surface area contributed by atoms with E-state index in [1.165, 1.54) is 135 Å². The Morgan fingerprint density at radius 2 is 0.873 bits per heavy atom. The van der Waals surface area contributed by atoms with Gasteiger partial charge in [0, 0.05) is 6.42 Å². The van der Waals surface area contributed by atoms with Gasteiger partial charge in [-0.2, -0.15) is 0 Å². The highest BCUT2D eigenvalue weighted by Crippen LogP contribution is 2.38. The van der Waals surface area contributed by atoms with Crippen LogP contribution in [0.2, 0.25) is 0 Å². The summed E-state index contributed by atoms with van der Waals surface area (Å²) in [5.74, 6) is -0.213. The summed E-state index contributed by atoms with van der Waals surface area (Å²) >= 11 is 0. The largest absolute Gasteiger partial charge is 0.756 e. The van der Waals surface area contributed by atoms with Crippen molar-refractivity contribution < 1.29 is 32.9 Å². The minimum absolute atomic E-state index is 0.0115. The lowest BCUT2D eigenvalue weighted by atomic mass is 10.0. The summed E-state index contributed by atoms with van der Waals surface area (Å²) in [6.45, 7) is 4.48. The number of phosphoric ester groups is 1. The van der Waals surface area contributed by atoms with Gasteiger partial charge in [-0.3, -0.25) is 9.36 Å². The number of unbranched alkanes of at least 4 members (excludes halogenated alkanes) is 25. The molecule has 71 heavy (non-hydrogen) atoms. The summed E-state index contributed by atoms with van der Waals surface area (Å²) in [6, 6.07) is -0.912. The summed E-state index contributed by atoms with van der Waals surface area (Å²) < 4.78 is 23.3. The van der Waals surface area contributed by atoms with Crippen molar-refractivity contribution >= 4 is 13.7 Å². The Kier molecular flexibility index (Phi) is 50.4. The SMILES string of the molecule is CC/C=C\C/C=C\C/C=C\C/C=C\C/C=C\CCCCCCCCCCCCCCCCCCCCCC(=O)NC(COP(=O)([O-])OCC[N+](C)(C)C)C(O)/C=C/CC/C=C/CC/C=C/CCCCCC. The second kappa shape index (κ2) is 52.3. The van der Waals surface area contributed by atoms with Crippen molar-refractivity contribution in [3.05, 3.63) is 97.2 Å². The zero-order valence-electron chi connectivity index (χ0n) is 46.6. The van der Waals surface area contributed by atoms with Crippen molar-refractivity contribution in [2.45, 2.75) is 251 Å². The number of quaternary nitrogens is 1. The number of aliphatic hydroxyl groups excluding tert-OH is 1. The Hall–Kier alpha value is -2.58. The molecule has 0 rings (SSSR count). The predicted molar refractivity (Wildman–Crippen MR) is 306 cm³/mol. The van der Waals surface area contributed by atoms with Gasteiger partial charge >= 0.3 is 0 Å². The van der Waals surface area contributed by atoms with Gasteiger partial charge in [-0.25, -0.2) is 0 Å². The standard InChI is InChI=1S/C62H111N2O6P/c1-6-8-10-12-14-16-18-20-22-23-24-25-26-27-28-29-30-31-32-33-34-35-36-37-38-39-40-41-42-44-46-48-50-52-54-56-62(66)63-60(59-70-71(67,68)69-58-57-64(3,4)5)61(65)55-53-51-49-47-45-43-21-19-17-15-13-11-9-7-2/h8,10,14,16-17,19-20,22,24-25,27-28,45,47,53,55,60-61,65H,6-7,9,11-13,15,18,21,23,26,29-44,46,48-52,54,56-59H2,1-5H3,(H-,63,66,67,68)/b10-8-,16-14-,19-17+,22-20-,25-24-,28-27-,47-45+,55-53+. The van der Waals surface area contributed by atoms with E-state index in [-0.39, 0.29) is 12.5 Å². The van der Waals surface area contributed by atoms with E-state index in [0.29, 0.717) is 17.4 Å². The number of aliphatic hydroxyl groups is 1. The van der Waals surface area contributed by atoms with Gasteiger partial charge in [0.2, 0.25) is 5.91 Å². The van der Waals surface area contributed by atoms with Crippen LogP contribution in [0.3, 0.4) is 0 Å². The van der Waals surface area contributed by atoms with Gasteiger partial charge in [-0.05, 0) is 89.9 Å². The summed E-state index contributed by atoms with van der Waals surface area (Å²) in [5.41, 5.74) is 0. The summed E-state index contributed by atoms with van der Waals surface area (Å²) in [6.07, 6.45) is 75.0. The molecule has 0 aromatic rings. The first-order chi connectivity index (χ1) is 34.5. The molecule has 0 bridgehead atoms. The fraction of sp³-hybridized carbons (Fsp3) is 0.726. The lowest BCUT2D eigenvalue weighted by molar-refractivity contribution is -0.870. The summed E-state index contributed by atoms with van der Waals surface area (Å²) in [7, 11) is 1.23. The molecule has 3 unspecified atom stereocenters. The number of carbonyl (C=O) groups excluding carboxylic acids is 1. The van der Waals surface area contributed by atoms with Crippen LogP contribution in [0.1, 0.15) is 239 Å². The Bertz CT molecular complexity index is 1470. The number of allylic oxidation sites excluding steroid dienone is 15. The van der Waals surface area contributed by atoms with E-state index in [0.717, 1.165) is 83.5 Å². The zero-order chi connectivity index (χ0) is 52.0. The molecule has 1 amide bonds. The van der Waals surface area contributed by atoms with Crippen molar-refractivity contribution in [1.29, 1.82) is 0 Å². The van der Waals surface area contributed by atoms with Crippen LogP contribution in [0.25, 0.3) is 0 Å². The highest BCUT2D eigenvalue weighted by atomic mass is 31.2. The van der Waals surface area contributed by atoms with Gasteiger partial charge in [0.1, 0.15) is 13.2 Å². The van der Waals surface area contributed by atoms with Crippen LogP contribution in [0.15, 0.2) is 97.2 Å². The number of hydrogen-bond donors (Lipinski definition) is 2. The Morgan fingerprint density at radius 1 is 0.507 bits per heavy atom. The number of rotatable bonds is 52. The number of hydrogen-bond acceptors (Lipinski definition) is 6. The second-order valence-electron chi connectivity index (χ2n) is 20.6. The van der Waals surface area contributed by atoms with E-state index in [1.807, 2.05) is 27.2 Å². The predicted octanol–water partition coefficient (Wildman–Crippen LogP) is 17.2. The molecule has 0 radical (unpaired) electrons. The van der Waals surface area contributed by atoms with Crippen LogP contribution in [0.4, 0.5) is 0 Å². The van der Waals surface area contributed by atoms with Gasteiger partial charge in [-0.15, -0.1) is 0 Å². The molecular formula is C62H111N2O6P. The third-order valence-corrected chi connectivity index (χ3v) is 13.5. The molecule has 0 saturated carbocycles. The quantitative estimate of drug-likeness (QED) is 0.0272. The topological polar surface area (TPSA) is 108 Å². The molecule has 0 heterocycles. The number of nitrogens with one attached hydrogen (secondary N) is 1. The van der Waals surface area contributed by atoms with Crippen molar-refractivity contribution in [2.24, 2.45) is 0 Å². The molecule has 3 atom stereocenters. The third kappa shape index (κ3) is 55.0. The zero-order valence-corrected chi connectivity index (χ0v) is 47.5. The van der Waals surface area contributed by atoms with Gasteiger partial charge in [0.15, 0.2) is 0 Å². The maximum Gasteiger partial charge on any atom is 0.268 e. The average molecular weight is 1010 g/mol. The number of carbonyl (C=O) groups is 1. The highest BCUT2D eigenvalue weighted by Gasteiger charge is 2.23. The number of nitrogens with zero attached hydrogens (tertiary/aromatic N) is 1. The van der Waals surface area contributed by atoms with Crippen molar-refractivity contribution in [3.63, 3.8) is 0 Å². The van der Waals surface area contributed by atoms with Crippen molar-refractivity contribution in [2.75, 3.05) is 40.9 Å². The maximum atomic E-state index is 12.9. The minimum atomic E-state index is -4.61. The fourth-order valence-electron chi connectivity index (χ4n) is 7.98. The molecule has 0 fully saturated rings. The van der Waals surface area contributed by atoms with Crippen LogP contribution in [0.5, 0.6) is 0 Å². The number of likely N-dealkylation sites (N-methyl/N-ethyl adjacent to an activating group) is 1. The first-order valence-corrected chi connectivity index (χ1v) is 30.6. The monoisotopic (exact) mass is 1010 g/mol. The van der Waals surface area contributed by atoms with E-state index < -0.39 is 26.6 Å². The molecule has 0 aliphatic carbocycles. The molecule has 0 aliphatic rings. The molecule has 410 valence electrons. The molecule has 2 N–H and O–H groups in total. The fourth-order valence-corrected chi connectivity index (χ4v) is 8.70. The van der Waals surface area contributed by atoms with E-state index in [9.17, 15) is 19.4 Å². The van der Waals surface area contributed by atoms with E-state index in [2.05, 4.69) is 104 Å². The molecule has 8 nitrogen and oxygen atoms in total. The highest BCUT2D eigenvalue weighted by molar-refractivity contribution is 7.45. The number of amides is 1. The van der Waals surface area contributed by atoms with E-state index in [1.54, 1.807) is 6.08 Å².